The second-order valence-corrected chi connectivity index (χ2v) is 4.27. The molecule has 0 spiro atoms. The number of carbonyl (C=O) groups excluding carboxylic acids is 1. The van der Waals surface area contributed by atoms with E-state index in [2.05, 4.69) is 5.32 Å². The van der Waals surface area contributed by atoms with Crippen LogP contribution in [0.25, 0.3) is 0 Å². The molecule has 0 atom stereocenters. The number of non-ortho nitro benzene ring substituents is 1. The summed E-state index contributed by atoms with van der Waals surface area (Å²) in [5, 5.41) is 31.2. The molecule has 2 aromatic carbocycles. The minimum absolute atomic E-state index is 0.0325. The van der Waals surface area contributed by atoms with Crippen LogP contribution in [0.3, 0.4) is 0 Å². The first kappa shape index (κ1) is 15.8. The summed E-state index contributed by atoms with van der Waals surface area (Å²) in [5.74, 6) is -1.90. The van der Waals surface area contributed by atoms with Crippen LogP contribution in [0.1, 0.15) is 10.4 Å². The highest BCUT2D eigenvalue weighted by molar-refractivity contribution is 6.01. The number of nitrogens with one attached hydrogen (secondary N) is 1. The number of hydrogen-bond acceptors (Lipinski definition) is 6. The fraction of sp³-hybridized carbons (Fsp3) is 0. The lowest BCUT2D eigenvalue weighted by Gasteiger charge is -2.10. The number of phenols is 1. The Bertz CT molecular complexity index is 771. The van der Waals surface area contributed by atoms with Gasteiger partial charge in [0.1, 0.15) is 17.1 Å². The molecule has 2 rings (SSSR count). The fourth-order valence-corrected chi connectivity index (χ4v) is 1.75. The van der Waals surface area contributed by atoms with Crippen LogP contribution in [0.2, 0.25) is 0 Å². The molecule has 0 unspecified atom stereocenters. The molecule has 23 heavy (non-hydrogen) atoms. The predicted molar refractivity (Wildman–Crippen MR) is 77.8 cm³/mol. The van der Waals surface area contributed by atoms with Gasteiger partial charge in [0.15, 0.2) is 0 Å². The zero-order valence-corrected chi connectivity index (χ0v) is 11.4. The Morgan fingerprint density at radius 1 is 1.13 bits per heavy atom. The van der Waals surface area contributed by atoms with Gasteiger partial charge in [-0.15, -0.1) is 0 Å². The van der Waals surface area contributed by atoms with Crippen LogP contribution in [-0.4, -0.2) is 27.2 Å². The Hall–Kier alpha value is -3.62. The number of nitro groups is 1. The number of nitro benzene ring substituents is 1. The number of carboxylic acids is 1. The summed E-state index contributed by atoms with van der Waals surface area (Å²) in [7, 11) is 0. The molecule has 0 fully saturated rings. The number of amides is 1. The van der Waals surface area contributed by atoms with Gasteiger partial charge in [0.25, 0.3) is 5.69 Å². The maximum absolute atomic E-state index is 11.7. The highest BCUT2D eigenvalue weighted by Gasteiger charge is 2.17. The van der Waals surface area contributed by atoms with E-state index in [-0.39, 0.29) is 17.1 Å². The van der Waals surface area contributed by atoms with E-state index in [1.165, 1.54) is 24.3 Å². The summed E-state index contributed by atoms with van der Waals surface area (Å²) in [6, 6.07) is 8.54. The maximum Gasteiger partial charge on any atom is 0.417 e. The number of aromatic hydroxyl groups is 1. The first-order chi connectivity index (χ1) is 10.9. The Morgan fingerprint density at radius 2 is 1.78 bits per heavy atom. The van der Waals surface area contributed by atoms with E-state index in [4.69, 9.17) is 9.84 Å². The Labute approximate surface area is 128 Å². The minimum Gasteiger partial charge on any atom is -0.507 e. The van der Waals surface area contributed by atoms with Gasteiger partial charge in [-0.1, -0.05) is 6.07 Å². The van der Waals surface area contributed by atoms with Gasteiger partial charge in [-0.2, -0.15) is 0 Å². The maximum atomic E-state index is 11.7. The number of carboxylic acid groups (broad SMARTS) is 1. The summed E-state index contributed by atoms with van der Waals surface area (Å²) in [6.45, 7) is 0. The third-order valence-electron chi connectivity index (χ3n) is 2.75. The summed E-state index contributed by atoms with van der Waals surface area (Å²) < 4.78 is 4.88. The van der Waals surface area contributed by atoms with Gasteiger partial charge >= 0.3 is 12.1 Å². The average molecular weight is 318 g/mol. The van der Waals surface area contributed by atoms with E-state index < -0.39 is 28.3 Å². The molecule has 1 amide bonds. The minimum atomic E-state index is -1.42. The van der Waals surface area contributed by atoms with E-state index in [1.807, 2.05) is 0 Å². The van der Waals surface area contributed by atoms with Crippen molar-refractivity contribution < 1.29 is 29.5 Å². The van der Waals surface area contributed by atoms with Gasteiger partial charge < -0.3 is 14.9 Å². The Kier molecular flexibility index (Phi) is 4.41. The quantitative estimate of drug-likeness (QED) is 0.581. The monoisotopic (exact) mass is 318 g/mol. The zero-order valence-electron chi connectivity index (χ0n) is 11.4. The van der Waals surface area contributed by atoms with Crippen molar-refractivity contribution in [1.82, 2.24) is 0 Å². The van der Waals surface area contributed by atoms with Crippen LogP contribution in [0, 0.1) is 10.1 Å². The topological polar surface area (TPSA) is 139 Å². The predicted octanol–water partition coefficient (Wildman–Crippen LogP) is 2.61. The average Bonchev–Trinajstić information content (AvgIpc) is 2.47. The number of rotatable bonds is 4. The van der Waals surface area contributed by atoms with Crippen molar-refractivity contribution in [1.29, 1.82) is 0 Å². The molecule has 3 N–H and O–H groups in total. The highest BCUT2D eigenvalue weighted by atomic mass is 16.6. The van der Waals surface area contributed by atoms with Crippen LogP contribution in [0.5, 0.6) is 11.5 Å². The van der Waals surface area contributed by atoms with Gasteiger partial charge in [0.05, 0.1) is 10.6 Å². The molecule has 0 heterocycles. The van der Waals surface area contributed by atoms with Crippen molar-refractivity contribution in [2.24, 2.45) is 0 Å². The van der Waals surface area contributed by atoms with Crippen molar-refractivity contribution in [2.75, 3.05) is 5.32 Å². The number of anilines is 1. The fourth-order valence-electron chi connectivity index (χ4n) is 1.75. The van der Waals surface area contributed by atoms with Crippen molar-refractivity contribution in [2.45, 2.75) is 0 Å². The van der Waals surface area contributed by atoms with Gasteiger partial charge in [-0.3, -0.25) is 15.4 Å². The van der Waals surface area contributed by atoms with Crippen LogP contribution in [0.15, 0.2) is 42.5 Å². The number of aromatic carboxylic acids is 1. The van der Waals surface area contributed by atoms with E-state index in [9.17, 15) is 24.8 Å². The second kappa shape index (κ2) is 6.43. The van der Waals surface area contributed by atoms with Crippen molar-refractivity contribution in [3.63, 3.8) is 0 Å². The van der Waals surface area contributed by atoms with E-state index in [1.54, 1.807) is 0 Å². The molecule has 0 aliphatic heterocycles. The Balaban J connectivity index is 2.12. The van der Waals surface area contributed by atoms with Crippen molar-refractivity contribution in [3.05, 3.63) is 58.1 Å². The highest BCUT2D eigenvalue weighted by Crippen LogP contribution is 2.25. The normalized spacial score (nSPS) is 9.91. The largest absolute Gasteiger partial charge is 0.507 e. The molecule has 9 nitrogen and oxygen atoms in total. The van der Waals surface area contributed by atoms with Crippen LogP contribution in [-0.2, 0) is 0 Å². The lowest BCUT2D eigenvalue weighted by Crippen LogP contribution is -2.18. The smallest absolute Gasteiger partial charge is 0.417 e. The van der Waals surface area contributed by atoms with Crippen LogP contribution >= 0.6 is 0 Å². The molecule has 0 saturated heterocycles. The number of nitrogens with zero attached hydrogens (tertiary/aromatic N) is 1. The summed E-state index contributed by atoms with van der Waals surface area (Å²) in [6.07, 6.45) is -1.01. The van der Waals surface area contributed by atoms with Gasteiger partial charge in [-0.25, -0.2) is 9.59 Å². The number of hydrogen-bond donors (Lipinski definition) is 3. The number of carbonyl (C=O) groups is 2. The first-order valence-corrected chi connectivity index (χ1v) is 6.17. The summed E-state index contributed by atoms with van der Waals surface area (Å²) >= 11 is 0. The molecule has 0 aliphatic rings. The molecular weight excluding hydrogens is 308 g/mol. The van der Waals surface area contributed by atoms with Crippen LogP contribution < -0.4 is 10.1 Å². The lowest BCUT2D eigenvalue weighted by atomic mass is 10.1. The van der Waals surface area contributed by atoms with Crippen molar-refractivity contribution in [3.8, 4) is 11.5 Å². The van der Waals surface area contributed by atoms with Gasteiger partial charge in [0.2, 0.25) is 0 Å². The van der Waals surface area contributed by atoms with Crippen LogP contribution in [0.4, 0.5) is 16.2 Å². The number of benzene rings is 2. The molecule has 0 radical (unpaired) electrons. The molecule has 118 valence electrons. The summed E-state index contributed by atoms with van der Waals surface area (Å²) in [4.78, 5) is 32.7. The SMILES string of the molecule is O=C(Nc1cccc(O)c1C(=O)O)Oc1ccc([N+](=O)[O-])cc1. The summed E-state index contributed by atoms with van der Waals surface area (Å²) in [5.41, 5.74) is -0.795. The van der Waals surface area contributed by atoms with E-state index in [0.29, 0.717) is 0 Å². The molecule has 9 heteroatoms. The third-order valence-corrected chi connectivity index (χ3v) is 2.75. The molecule has 0 saturated carbocycles. The third kappa shape index (κ3) is 3.73. The zero-order chi connectivity index (χ0) is 17.0. The first-order valence-electron chi connectivity index (χ1n) is 6.17. The second-order valence-electron chi connectivity index (χ2n) is 4.27. The lowest BCUT2D eigenvalue weighted by molar-refractivity contribution is -0.384. The molecule has 0 bridgehead atoms. The number of ether oxygens (including phenoxy) is 1. The molecule has 0 aliphatic carbocycles. The molecule has 2 aromatic rings. The van der Waals surface area contributed by atoms with Gasteiger partial charge in [0, 0.05) is 12.1 Å². The van der Waals surface area contributed by atoms with E-state index in [0.717, 1.165) is 18.2 Å². The Morgan fingerprint density at radius 3 is 2.35 bits per heavy atom. The van der Waals surface area contributed by atoms with E-state index >= 15 is 0 Å². The van der Waals surface area contributed by atoms with Crippen molar-refractivity contribution >= 4 is 23.4 Å². The molecular formula is C14H10N2O7. The standard InChI is InChI=1S/C14H10N2O7/c17-11-3-1-2-10(12(11)13(18)19)15-14(20)23-9-6-4-8(5-7-9)16(21)22/h1-7,17H,(H,15,20)(H,18,19). The molecule has 0 aromatic heterocycles. The van der Waals surface area contributed by atoms with Gasteiger partial charge in [-0.05, 0) is 24.3 Å².